The van der Waals surface area contributed by atoms with Crippen LogP contribution in [0.25, 0.3) is 0 Å². The maximum absolute atomic E-state index is 11.4. The number of thiocarbonyl (C=S) groups is 1. The van der Waals surface area contributed by atoms with Gasteiger partial charge in [0.25, 0.3) is 0 Å². The lowest BCUT2D eigenvalue weighted by Gasteiger charge is -2.10. The SMILES string of the molecule is CCCCCOC(=O)CNC(=S)NCCc1ccccc1. The smallest absolute Gasteiger partial charge is 0.325 e. The van der Waals surface area contributed by atoms with Gasteiger partial charge in [-0.25, -0.2) is 0 Å². The molecule has 0 radical (unpaired) electrons. The number of carbonyl (C=O) groups is 1. The van der Waals surface area contributed by atoms with E-state index in [1.807, 2.05) is 18.2 Å². The highest BCUT2D eigenvalue weighted by Crippen LogP contribution is 1.98. The van der Waals surface area contributed by atoms with Crippen LogP contribution in [0.5, 0.6) is 0 Å². The van der Waals surface area contributed by atoms with Crippen LogP contribution in [0.15, 0.2) is 30.3 Å². The van der Waals surface area contributed by atoms with Crippen LogP contribution in [0.4, 0.5) is 0 Å². The summed E-state index contributed by atoms with van der Waals surface area (Å²) in [7, 11) is 0. The van der Waals surface area contributed by atoms with Gasteiger partial charge in [-0.2, -0.15) is 0 Å². The standard InChI is InChI=1S/C16H24N2O2S/c1-2-3-7-12-20-15(19)13-18-16(21)17-11-10-14-8-5-4-6-9-14/h4-6,8-9H,2-3,7,10-13H2,1H3,(H2,17,18,21). The van der Waals surface area contributed by atoms with Crippen LogP contribution in [-0.4, -0.2) is 30.8 Å². The third kappa shape index (κ3) is 9.02. The Balaban J connectivity index is 2.04. The van der Waals surface area contributed by atoms with Gasteiger partial charge >= 0.3 is 5.97 Å². The Morgan fingerprint density at radius 1 is 1.19 bits per heavy atom. The largest absolute Gasteiger partial charge is 0.464 e. The number of nitrogens with one attached hydrogen (secondary N) is 2. The molecule has 0 heterocycles. The third-order valence-electron chi connectivity index (χ3n) is 2.95. The van der Waals surface area contributed by atoms with Crippen LogP contribution < -0.4 is 10.6 Å². The molecular formula is C16H24N2O2S. The Morgan fingerprint density at radius 3 is 2.67 bits per heavy atom. The first-order valence-corrected chi connectivity index (χ1v) is 7.84. The fraction of sp³-hybridized carbons (Fsp3) is 0.500. The first-order valence-electron chi connectivity index (χ1n) is 7.43. The Bertz CT molecular complexity index is 424. The van der Waals surface area contributed by atoms with Crippen molar-refractivity contribution in [3.63, 3.8) is 0 Å². The molecule has 1 aromatic rings. The molecule has 0 spiro atoms. The predicted octanol–water partition coefficient (Wildman–Crippen LogP) is 2.43. The zero-order valence-electron chi connectivity index (χ0n) is 12.6. The molecule has 1 rings (SSSR count). The monoisotopic (exact) mass is 308 g/mol. The number of esters is 1. The number of rotatable bonds is 9. The Hall–Kier alpha value is -1.62. The normalized spacial score (nSPS) is 9.95. The topological polar surface area (TPSA) is 50.4 Å². The number of ether oxygens (including phenoxy) is 1. The minimum absolute atomic E-state index is 0.114. The van der Waals surface area contributed by atoms with Gasteiger partial charge in [0.15, 0.2) is 5.11 Å². The summed E-state index contributed by atoms with van der Waals surface area (Å²) in [5, 5.41) is 6.41. The molecule has 4 nitrogen and oxygen atoms in total. The Kier molecular flexibility index (Phi) is 9.20. The van der Waals surface area contributed by atoms with Gasteiger partial charge in [0.05, 0.1) is 6.61 Å². The first-order chi connectivity index (χ1) is 10.2. The van der Waals surface area contributed by atoms with E-state index in [4.69, 9.17) is 17.0 Å². The molecule has 0 fully saturated rings. The van der Waals surface area contributed by atoms with E-state index in [2.05, 4.69) is 29.7 Å². The first kappa shape index (κ1) is 17.4. The molecule has 0 aliphatic heterocycles. The highest BCUT2D eigenvalue weighted by molar-refractivity contribution is 7.80. The van der Waals surface area contributed by atoms with Crippen molar-refractivity contribution in [3.05, 3.63) is 35.9 Å². The van der Waals surface area contributed by atoms with Crippen molar-refractivity contribution >= 4 is 23.3 Å². The molecule has 0 atom stereocenters. The van der Waals surface area contributed by atoms with E-state index in [0.29, 0.717) is 11.7 Å². The quantitative estimate of drug-likeness (QED) is 0.417. The van der Waals surface area contributed by atoms with Gasteiger partial charge in [-0.1, -0.05) is 50.1 Å². The molecule has 0 aliphatic rings. The maximum Gasteiger partial charge on any atom is 0.325 e. The zero-order chi connectivity index (χ0) is 15.3. The minimum atomic E-state index is -0.265. The van der Waals surface area contributed by atoms with Crippen molar-refractivity contribution in [2.24, 2.45) is 0 Å². The second kappa shape index (κ2) is 11.1. The number of hydrogen-bond donors (Lipinski definition) is 2. The van der Waals surface area contributed by atoms with Gasteiger partial charge in [-0.15, -0.1) is 0 Å². The summed E-state index contributed by atoms with van der Waals surface area (Å²) in [5.74, 6) is -0.265. The summed E-state index contributed by atoms with van der Waals surface area (Å²) in [6.45, 7) is 3.45. The average Bonchev–Trinajstić information content (AvgIpc) is 2.50. The molecule has 0 bridgehead atoms. The highest BCUT2D eigenvalue weighted by atomic mass is 32.1. The molecule has 0 amide bonds. The third-order valence-corrected chi connectivity index (χ3v) is 3.23. The predicted molar refractivity (Wildman–Crippen MR) is 89.2 cm³/mol. The lowest BCUT2D eigenvalue weighted by molar-refractivity contribution is -0.142. The van der Waals surface area contributed by atoms with Crippen LogP contribution in [0.2, 0.25) is 0 Å². The Labute approximate surface area is 132 Å². The van der Waals surface area contributed by atoms with E-state index in [0.717, 1.165) is 32.2 Å². The molecule has 5 heteroatoms. The number of carbonyl (C=O) groups excluding carboxylic acids is 1. The summed E-state index contributed by atoms with van der Waals surface area (Å²) in [6, 6.07) is 10.2. The van der Waals surface area contributed by atoms with Crippen molar-refractivity contribution in [2.45, 2.75) is 32.6 Å². The van der Waals surface area contributed by atoms with Crippen LogP contribution in [0.3, 0.4) is 0 Å². The molecule has 2 N–H and O–H groups in total. The van der Waals surface area contributed by atoms with Crippen molar-refractivity contribution in [1.29, 1.82) is 0 Å². The van der Waals surface area contributed by atoms with Gasteiger partial charge in [0, 0.05) is 6.54 Å². The van der Waals surface area contributed by atoms with E-state index >= 15 is 0 Å². The summed E-state index contributed by atoms with van der Waals surface area (Å²) < 4.78 is 5.08. The zero-order valence-corrected chi connectivity index (χ0v) is 13.4. The van der Waals surface area contributed by atoms with Crippen molar-refractivity contribution < 1.29 is 9.53 Å². The fourth-order valence-corrected chi connectivity index (χ4v) is 1.94. The maximum atomic E-state index is 11.4. The van der Waals surface area contributed by atoms with Gasteiger partial charge in [0.2, 0.25) is 0 Å². The van der Waals surface area contributed by atoms with Crippen molar-refractivity contribution in [1.82, 2.24) is 10.6 Å². The lowest BCUT2D eigenvalue weighted by atomic mass is 10.1. The number of benzene rings is 1. The van der Waals surface area contributed by atoms with Gasteiger partial charge < -0.3 is 15.4 Å². The van der Waals surface area contributed by atoms with E-state index in [1.165, 1.54) is 5.56 Å². The number of hydrogen-bond acceptors (Lipinski definition) is 3. The van der Waals surface area contributed by atoms with E-state index in [9.17, 15) is 4.79 Å². The van der Waals surface area contributed by atoms with Crippen LogP contribution >= 0.6 is 12.2 Å². The summed E-state index contributed by atoms with van der Waals surface area (Å²) >= 11 is 5.11. The van der Waals surface area contributed by atoms with E-state index in [-0.39, 0.29) is 12.5 Å². The molecule has 0 saturated heterocycles. The average molecular weight is 308 g/mol. The lowest BCUT2D eigenvalue weighted by Crippen LogP contribution is -2.39. The summed E-state index contributed by atoms with van der Waals surface area (Å²) in [5.41, 5.74) is 1.25. The second-order valence-corrected chi connectivity index (χ2v) is 5.18. The van der Waals surface area contributed by atoms with Gasteiger partial charge in [-0.05, 0) is 30.6 Å². The Morgan fingerprint density at radius 2 is 1.95 bits per heavy atom. The molecule has 0 saturated carbocycles. The fourth-order valence-electron chi connectivity index (χ4n) is 1.77. The van der Waals surface area contributed by atoms with Crippen LogP contribution in [-0.2, 0) is 16.0 Å². The molecule has 116 valence electrons. The van der Waals surface area contributed by atoms with E-state index < -0.39 is 0 Å². The van der Waals surface area contributed by atoms with Crippen molar-refractivity contribution in [2.75, 3.05) is 19.7 Å². The van der Waals surface area contributed by atoms with Crippen molar-refractivity contribution in [3.8, 4) is 0 Å². The minimum Gasteiger partial charge on any atom is -0.464 e. The molecule has 0 aromatic heterocycles. The summed E-state index contributed by atoms with van der Waals surface area (Å²) in [6.07, 6.45) is 4.01. The van der Waals surface area contributed by atoms with Crippen LogP contribution in [0.1, 0.15) is 31.7 Å². The number of unbranched alkanes of at least 4 members (excludes halogenated alkanes) is 2. The molecule has 0 aliphatic carbocycles. The van der Waals surface area contributed by atoms with E-state index in [1.54, 1.807) is 0 Å². The second-order valence-electron chi connectivity index (χ2n) is 4.77. The molecular weight excluding hydrogens is 284 g/mol. The highest BCUT2D eigenvalue weighted by Gasteiger charge is 2.03. The summed E-state index contributed by atoms with van der Waals surface area (Å²) in [4.78, 5) is 11.4. The van der Waals surface area contributed by atoms with Crippen LogP contribution in [0, 0.1) is 0 Å². The molecule has 1 aromatic carbocycles. The molecule has 21 heavy (non-hydrogen) atoms. The van der Waals surface area contributed by atoms with Gasteiger partial charge in [-0.3, -0.25) is 4.79 Å². The molecule has 0 unspecified atom stereocenters. The van der Waals surface area contributed by atoms with Gasteiger partial charge in [0.1, 0.15) is 6.54 Å².